The summed E-state index contributed by atoms with van der Waals surface area (Å²) < 4.78 is 6.85. The smallest absolute Gasteiger partial charge is 0.268 e. The van der Waals surface area contributed by atoms with Gasteiger partial charge < -0.3 is 4.52 Å². The standard InChI is InChI=1S/C9H7ClIN3O2/c1-5-2-6(16-13-5)3-14-4-12-8(10)7(11)9(14)15/h2,4H,3H2,1H3. The van der Waals surface area contributed by atoms with Crippen LogP contribution in [0.2, 0.25) is 5.15 Å². The molecule has 0 saturated heterocycles. The second kappa shape index (κ2) is 4.54. The number of nitrogens with zero attached hydrogens (tertiary/aromatic N) is 3. The summed E-state index contributed by atoms with van der Waals surface area (Å²) in [6.45, 7) is 2.12. The van der Waals surface area contributed by atoms with Crippen LogP contribution in [0.4, 0.5) is 0 Å². The molecule has 0 spiro atoms. The monoisotopic (exact) mass is 351 g/mol. The fourth-order valence-corrected chi connectivity index (χ4v) is 1.79. The lowest BCUT2D eigenvalue weighted by atomic mass is 10.4. The highest BCUT2D eigenvalue weighted by atomic mass is 127. The Kier molecular flexibility index (Phi) is 3.29. The summed E-state index contributed by atoms with van der Waals surface area (Å²) >= 11 is 7.59. The van der Waals surface area contributed by atoms with E-state index in [2.05, 4.69) is 10.1 Å². The van der Waals surface area contributed by atoms with Crippen molar-refractivity contribution in [2.45, 2.75) is 13.5 Å². The molecule has 0 radical (unpaired) electrons. The summed E-state index contributed by atoms with van der Waals surface area (Å²) in [7, 11) is 0. The van der Waals surface area contributed by atoms with Gasteiger partial charge in [0.05, 0.1) is 18.6 Å². The van der Waals surface area contributed by atoms with Crippen LogP contribution < -0.4 is 5.56 Å². The first-order chi connectivity index (χ1) is 7.58. The van der Waals surface area contributed by atoms with Crippen LogP contribution in [-0.4, -0.2) is 14.7 Å². The predicted molar refractivity (Wildman–Crippen MR) is 66.6 cm³/mol. The Labute approximate surface area is 110 Å². The minimum absolute atomic E-state index is 0.186. The number of rotatable bonds is 2. The summed E-state index contributed by atoms with van der Waals surface area (Å²) in [5.74, 6) is 0.611. The molecule has 0 fully saturated rings. The maximum absolute atomic E-state index is 11.8. The van der Waals surface area contributed by atoms with Gasteiger partial charge in [0.25, 0.3) is 5.56 Å². The van der Waals surface area contributed by atoms with E-state index >= 15 is 0 Å². The quantitative estimate of drug-likeness (QED) is 0.612. The third-order valence-electron chi connectivity index (χ3n) is 1.94. The van der Waals surface area contributed by atoms with Crippen LogP contribution in [0, 0.1) is 10.5 Å². The Bertz CT molecular complexity index is 578. The molecule has 0 N–H and O–H groups in total. The Morgan fingerprint density at radius 2 is 2.38 bits per heavy atom. The molecule has 0 aromatic carbocycles. The van der Waals surface area contributed by atoms with E-state index in [1.165, 1.54) is 10.9 Å². The summed E-state index contributed by atoms with van der Waals surface area (Å²) in [6.07, 6.45) is 1.39. The summed E-state index contributed by atoms with van der Waals surface area (Å²) in [5, 5.41) is 3.96. The molecule has 0 aliphatic carbocycles. The molecule has 0 bridgehead atoms. The van der Waals surface area contributed by atoms with Gasteiger partial charge in [-0.2, -0.15) is 0 Å². The maximum atomic E-state index is 11.8. The van der Waals surface area contributed by atoms with Crippen molar-refractivity contribution in [3.8, 4) is 0 Å². The molecule has 16 heavy (non-hydrogen) atoms. The largest absolute Gasteiger partial charge is 0.359 e. The first kappa shape index (κ1) is 11.6. The molecular weight excluding hydrogens is 344 g/mol. The lowest BCUT2D eigenvalue weighted by Gasteiger charge is -2.02. The van der Waals surface area contributed by atoms with Crippen LogP contribution in [0.3, 0.4) is 0 Å². The highest BCUT2D eigenvalue weighted by Gasteiger charge is 2.09. The first-order valence-electron chi connectivity index (χ1n) is 4.40. The maximum Gasteiger partial charge on any atom is 0.268 e. The summed E-state index contributed by atoms with van der Waals surface area (Å²) in [5.41, 5.74) is 0.592. The van der Waals surface area contributed by atoms with Crippen LogP contribution in [0.1, 0.15) is 11.5 Å². The van der Waals surface area contributed by atoms with E-state index in [1.807, 2.05) is 29.5 Å². The van der Waals surface area contributed by atoms with Gasteiger partial charge in [-0.3, -0.25) is 9.36 Å². The first-order valence-corrected chi connectivity index (χ1v) is 5.86. The summed E-state index contributed by atoms with van der Waals surface area (Å²) in [4.78, 5) is 15.7. The van der Waals surface area contributed by atoms with Crippen molar-refractivity contribution in [2.24, 2.45) is 0 Å². The van der Waals surface area contributed by atoms with Crippen molar-refractivity contribution in [2.75, 3.05) is 0 Å². The van der Waals surface area contributed by atoms with Gasteiger partial charge in [0.15, 0.2) is 5.76 Å². The van der Waals surface area contributed by atoms with E-state index < -0.39 is 0 Å². The zero-order valence-electron chi connectivity index (χ0n) is 8.28. The van der Waals surface area contributed by atoms with E-state index in [0.29, 0.717) is 15.9 Å². The van der Waals surface area contributed by atoms with E-state index in [0.717, 1.165) is 5.69 Å². The number of hydrogen-bond donors (Lipinski definition) is 0. The van der Waals surface area contributed by atoms with Crippen molar-refractivity contribution in [1.82, 2.24) is 14.7 Å². The molecule has 2 aromatic rings. The topological polar surface area (TPSA) is 60.9 Å². The van der Waals surface area contributed by atoms with Crippen molar-refractivity contribution >= 4 is 34.2 Å². The van der Waals surface area contributed by atoms with Gasteiger partial charge in [0.2, 0.25) is 0 Å². The van der Waals surface area contributed by atoms with Crippen molar-refractivity contribution in [3.05, 3.63) is 42.9 Å². The van der Waals surface area contributed by atoms with Crippen molar-refractivity contribution in [1.29, 1.82) is 0 Å². The van der Waals surface area contributed by atoms with Crippen molar-refractivity contribution in [3.63, 3.8) is 0 Å². The van der Waals surface area contributed by atoms with Crippen molar-refractivity contribution < 1.29 is 4.52 Å². The molecule has 2 rings (SSSR count). The Balaban J connectivity index is 2.36. The van der Waals surface area contributed by atoms with Crippen LogP contribution in [0.15, 0.2) is 21.7 Å². The Hall–Kier alpha value is -0.890. The normalized spacial score (nSPS) is 10.7. The van der Waals surface area contributed by atoms with Gasteiger partial charge in [-0.05, 0) is 29.5 Å². The zero-order chi connectivity index (χ0) is 11.7. The second-order valence-corrected chi connectivity index (χ2v) is 4.65. The molecule has 7 heteroatoms. The highest BCUT2D eigenvalue weighted by Crippen LogP contribution is 2.10. The summed E-state index contributed by atoms with van der Waals surface area (Å²) in [6, 6.07) is 1.77. The van der Waals surface area contributed by atoms with E-state index in [9.17, 15) is 4.79 Å². The molecule has 84 valence electrons. The number of aromatic nitrogens is 3. The van der Waals surface area contributed by atoms with Crippen LogP contribution in [0.25, 0.3) is 0 Å². The minimum Gasteiger partial charge on any atom is -0.359 e. The van der Waals surface area contributed by atoms with Crippen LogP contribution >= 0.6 is 34.2 Å². The van der Waals surface area contributed by atoms with E-state index in [-0.39, 0.29) is 10.7 Å². The van der Waals surface area contributed by atoms with Gasteiger partial charge in [0, 0.05) is 6.07 Å². The van der Waals surface area contributed by atoms with Gasteiger partial charge in [-0.1, -0.05) is 16.8 Å². The third kappa shape index (κ3) is 2.27. The molecule has 5 nitrogen and oxygen atoms in total. The minimum atomic E-state index is -0.186. The molecule has 0 atom stereocenters. The molecule has 0 unspecified atom stereocenters. The van der Waals surface area contributed by atoms with Gasteiger partial charge >= 0.3 is 0 Å². The van der Waals surface area contributed by atoms with Gasteiger partial charge in [-0.25, -0.2) is 4.98 Å². The predicted octanol–water partition coefficient (Wildman–Crippen LogP) is 1.85. The van der Waals surface area contributed by atoms with Gasteiger partial charge in [-0.15, -0.1) is 0 Å². The average molecular weight is 352 g/mol. The molecule has 0 aliphatic heterocycles. The molecular formula is C9H7ClIN3O2. The number of halogens is 2. The molecule has 2 aromatic heterocycles. The Morgan fingerprint density at radius 1 is 1.62 bits per heavy atom. The Morgan fingerprint density at radius 3 is 3.00 bits per heavy atom. The third-order valence-corrected chi connectivity index (χ3v) is 3.52. The lowest BCUT2D eigenvalue weighted by Crippen LogP contribution is -2.23. The highest BCUT2D eigenvalue weighted by molar-refractivity contribution is 14.1. The fraction of sp³-hybridized carbons (Fsp3) is 0.222. The average Bonchev–Trinajstić information content (AvgIpc) is 2.65. The van der Waals surface area contributed by atoms with Crippen LogP contribution in [0.5, 0.6) is 0 Å². The lowest BCUT2D eigenvalue weighted by molar-refractivity contribution is 0.371. The molecule has 0 amide bonds. The molecule has 0 saturated carbocycles. The second-order valence-electron chi connectivity index (χ2n) is 3.22. The molecule has 0 aliphatic rings. The van der Waals surface area contributed by atoms with E-state index in [1.54, 1.807) is 6.07 Å². The number of hydrogen-bond acceptors (Lipinski definition) is 4. The fourth-order valence-electron chi connectivity index (χ4n) is 1.22. The SMILES string of the molecule is Cc1cc(Cn2cnc(Cl)c(I)c2=O)on1. The van der Waals surface area contributed by atoms with Crippen LogP contribution in [-0.2, 0) is 6.54 Å². The molecule has 2 heterocycles. The van der Waals surface area contributed by atoms with Gasteiger partial charge in [0.1, 0.15) is 8.72 Å². The number of aryl methyl sites for hydroxylation is 1. The zero-order valence-corrected chi connectivity index (χ0v) is 11.2. The van der Waals surface area contributed by atoms with E-state index in [4.69, 9.17) is 16.1 Å².